The summed E-state index contributed by atoms with van der Waals surface area (Å²) in [6, 6.07) is 0. The van der Waals surface area contributed by atoms with Gasteiger partial charge in [0.25, 0.3) is 11.8 Å². The molecule has 10 nitrogen and oxygen atoms in total. The zero-order valence-corrected chi connectivity index (χ0v) is 29.0. The molecule has 2 amide bonds. The number of fused-ring (bicyclic) bond motifs is 1. The molecular weight excluding hydrogens is 567 g/mol. The Morgan fingerprint density at radius 2 is 1.88 bits per heavy atom. The van der Waals surface area contributed by atoms with E-state index in [4.69, 9.17) is 15.7 Å². The maximum absolute atomic E-state index is 12.8. The second-order valence-corrected chi connectivity index (χ2v) is 14.3. The Kier molecular flexibility index (Phi) is 13.8. The summed E-state index contributed by atoms with van der Waals surface area (Å²) in [6.45, 7) is 9.90. The number of hydrogen-bond donors (Lipinski definition) is 2. The SMILES string of the molecule is C[C@H]1CC[C@@H]2CC(C)(C)CC=C2[C@@]1(C)CCC(CCCC1=CC(=O)N(CCCCN=C(N)N)C1=O)COS(=O)(=O)[O-].[Na+]. The molecule has 1 saturated carbocycles. The van der Waals surface area contributed by atoms with E-state index in [0.717, 1.165) is 19.3 Å². The summed E-state index contributed by atoms with van der Waals surface area (Å²) < 4.78 is 38.5. The third-order valence-electron chi connectivity index (χ3n) is 9.55. The monoisotopic (exact) mass is 616 g/mol. The van der Waals surface area contributed by atoms with Gasteiger partial charge < -0.3 is 16.0 Å². The summed E-state index contributed by atoms with van der Waals surface area (Å²) in [7, 11) is -4.80. The summed E-state index contributed by atoms with van der Waals surface area (Å²) in [5, 5.41) is 0. The van der Waals surface area contributed by atoms with Gasteiger partial charge in [0.1, 0.15) is 0 Å². The van der Waals surface area contributed by atoms with Gasteiger partial charge in [-0.1, -0.05) is 39.3 Å². The molecule has 0 aromatic rings. The van der Waals surface area contributed by atoms with Crippen molar-refractivity contribution in [3.63, 3.8) is 0 Å². The number of hydrogen-bond acceptors (Lipinski definition) is 7. The first-order chi connectivity index (χ1) is 19.1. The van der Waals surface area contributed by atoms with Crippen LogP contribution < -0.4 is 41.0 Å². The molecule has 3 rings (SSSR count). The molecule has 4 N–H and O–H groups in total. The third-order valence-corrected chi connectivity index (χ3v) is 9.98. The number of guanidine groups is 1. The fraction of sp³-hybridized carbons (Fsp3) is 0.767. The van der Waals surface area contributed by atoms with Gasteiger partial charge in [-0.15, -0.1) is 0 Å². The zero-order chi connectivity index (χ0) is 30.4. The van der Waals surface area contributed by atoms with Gasteiger partial charge in [0.05, 0.1) is 6.61 Å². The van der Waals surface area contributed by atoms with Gasteiger partial charge >= 0.3 is 29.6 Å². The average molecular weight is 617 g/mol. The predicted molar refractivity (Wildman–Crippen MR) is 158 cm³/mol. The first kappa shape index (κ1) is 36.9. The van der Waals surface area contributed by atoms with Gasteiger partial charge in [0.15, 0.2) is 5.96 Å². The molecule has 2 aliphatic carbocycles. The van der Waals surface area contributed by atoms with Crippen LogP contribution in [0.15, 0.2) is 28.3 Å². The number of carbonyl (C=O) groups is 2. The van der Waals surface area contributed by atoms with Crippen LogP contribution in [0.2, 0.25) is 0 Å². The van der Waals surface area contributed by atoms with Crippen LogP contribution in [0.1, 0.15) is 98.3 Å². The number of amides is 2. The minimum atomic E-state index is -4.80. The molecular formula is C30H49N4NaO6S. The van der Waals surface area contributed by atoms with Gasteiger partial charge in [0, 0.05) is 24.7 Å². The van der Waals surface area contributed by atoms with E-state index >= 15 is 0 Å². The molecule has 42 heavy (non-hydrogen) atoms. The summed E-state index contributed by atoms with van der Waals surface area (Å²) in [5.74, 6) is 0.358. The Hall–Kier alpha value is -1.24. The van der Waals surface area contributed by atoms with Crippen molar-refractivity contribution in [3.05, 3.63) is 23.3 Å². The van der Waals surface area contributed by atoms with Crippen LogP contribution in [-0.4, -0.2) is 55.3 Å². The first-order valence-electron chi connectivity index (χ1n) is 15.0. The van der Waals surface area contributed by atoms with E-state index in [1.165, 1.54) is 30.2 Å². The second kappa shape index (κ2) is 15.7. The van der Waals surface area contributed by atoms with Gasteiger partial charge in [-0.25, -0.2) is 8.42 Å². The van der Waals surface area contributed by atoms with Gasteiger partial charge in [-0.2, -0.15) is 0 Å². The smallest absolute Gasteiger partial charge is 0.726 e. The van der Waals surface area contributed by atoms with Crippen molar-refractivity contribution in [2.24, 2.45) is 45.0 Å². The summed E-state index contributed by atoms with van der Waals surface area (Å²) >= 11 is 0. The van der Waals surface area contributed by atoms with E-state index in [1.807, 2.05) is 0 Å². The van der Waals surface area contributed by atoms with Crippen molar-refractivity contribution in [2.75, 3.05) is 19.7 Å². The standard InChI is InChI=1S/C30H50N4O6S.Na/c1-21-10-11-24-19-29(2,3)14-13-25(24)30(21,4)15-12-22(20-40-41(37,38)39)8-7-9-23-18-26(35)34(27(23)36)17-6-5-16-33-28(31)32;/h13,18,21-22,24H,5-12,14-17,19-20H2,1-4H3,(H4,31,32,33)(H,37,38,39);/q;+1/p-1/t21-,22?,24+,30-;/m0./s1. The normalized spacial score (nSPS) is 26.2. The van der Waals surface area contributed by atoms with Crippen LogP contribution in [0.25, 0.3) is 0 Å². The molecule has 4 atom stereocenters. The topological polar surface area (TPSA) is 168 Å². The molecule has 0 spiro atoms. The van der Waals surface area contributed by atoms with E-state index in [9.17, 15) is 22.6 Å². The molecule has 0 bridgehead atoms. The molecule has 0 aromatic heterocycles. The van der Waals surface area contributed by atoms with Crippen molar-refractivity contribution in [1.82, 2.24) is 4.90 Å². The third kappa shape index (κ3) is 10.4. The van der Waals surface area contributed by atoms with Crippen molar-refractivity contribution in [1.29, 1.82) is 0 Å². The van der Waals surface area contributed by atoms with Crippen LogP contribution in [0.4, 0.5) is 0 Å². The molecule has 12 heteroatoms. The number of nitrogens with zero attached hydrogens (tertiary/aromatic N) is 2. The fourth-order valence-corrected chi connectivity index (χ4v) is 7.29. The quantitative estimate of drug-likeness (QED) is 0.0404. The maximum atomic E-state index is 12.8. The van der Waals surface area contributed by atoms with Crippen LogP contribution >= 0.6 is 0 Å². The number of imide groups is 1. The van der Waals surface area contributed by atoms with E-state index < -0.39 is 10.4 Å². The maximum Gasteiger partial charge on any atom is 1.00 e. The molecule has 3 aliphatic rings. The molecule has 1 unspecified atom stereocenters. The molecule has 0 aromatic carbocycles. The largest absolute Gasteiger partial charge is 1.00 e. The van der Waals surface area contributed by atoms with Gasteiger partial charge in [-0.05, 0) is 99.2 Å². The Morgan fingerprint density at radius 3 is 2.55 bits per heavy atom. The number of unbranched alkanes of at least 4 members (excludes halogenated alkanes) is 1. The van der Waals surface area contributed by atoms with Crippen molar-refractivity contribution < 1.29 is 56.3 Å². The van der Waals surface area contributed by atoms with Crippen molar-refractivity contribution in [2.45, 2.75) is 98.3 Å². The Labute approximate surface area is 274 Å². The Balaban J connectivity index is 0.00000616. The van der Waals surface area contributed by atoms with Gasteiger partial charge in [-0.3, -0.25) is 23.7 Å². The number of carbonyl (C=O) groups excluding carboxylic acids is 2. The molecule has 232 valence electrons. The summed E-state index contributed by atoms with van der Waals surface area (Å²) in [5.41, 5.74) is 13.0. The molecule has 1 heterocycles. The number of nitrogens with two attached hydrogens (primary N) is 2. The number of allylic oxidation sites excluding steroid dienone is 2. The molecule has 0 radical (unpaired) electrons. The first-order valence-corrected chi connectivity index (χ1v) is 16.4. The number of rotatable bonds is 15. The van der Waals surface area contributed by atoms with E-state index in [0.29, 0.717) is 68.0 Å². The van der Waals surface area contributed by atoms with Crippen molar-refractivity contribution >= 4 is 28.2 Å². The van der Waals surface area contributed by atoms with E-state index in [2.05, 4.69) is 38.8 Å². The Morgan fingerprint density at radius 1 is 1.17 bits per heavy atom. The molecule has 0 saturated heterocycles. The predicted octanol–water partition coefficient (Wildman–Crippen LogP) is 1.18. The van der Waals surface area contributed by atoms with E-state index in [1.54, 1.807) is 5.57 Å². The second-order valence-electron chi connectivity index (χ2n) is 13.3. The van der Waals surface area contributed by atoms with Crippen LogP contribution in [-0.2, 0) is 24.2 Å². The van der Waals surface area contributed by atoms with Crippen LogP contribution in [0.3, 0.4) is 0 Å². The summed E-state index contributed by atoms with van der Waals surface area (Å²) in [6.07, 6.45) is 12.9. The minimum absolute atomic E-state index is 0. The van der Waals surface area contributed by atoms with Gasteiger partial charge in [0.2, 0.25) is 10.4 Å². The fourth-order valence-electron chi connectivity index (χ4n) is 6.93. The average Bonchev–Trinajstić information content (AvgIpc) is 3.13. The summed E-state index contributed by atoms with van der Waals surface area (Å²) in [4.78, 5) is 30.4. The Bertz CT molecular complexity index is 1160. The minimum Gasteiger partial charge on any atom is -0.726 e. The molecule has 1 fully saturated rings. The van der Waals surface area contributed by atoms with Crippen molar-refractivity contribution in [3.8, 4) is 0 Å². The molecule has 1 aliphatic heterocycles. The number of aliphatic imine (C=N–C) groups is 1. The van der Waals surface area contributed by atoms with Crippen LogP contribution in [0.5, 0.6) is 0 Å². The van der Waals surface area contributed by atoms with E-state index in [-0.39, 0.29) is 65.3 Å². The van der Waals surface area contributed by atoms with Crippen LogP contribution in [0, 0.1) is 28.6 Å². The zero-order valence-electron chi connectivity index (χ0n) is 26.2.